The molecule has 0 amide bonds. The Morgan fingerprint density at radius 3 is 2.86 bits per heavy atom. The number of hydrogen-bond donors (Lipinski definition) is 2. The van der Waals surface area contributed by atoms with E-state index in [9.17, 15) is 0 Å². The van der Waals surface area contributed by atoms with Crippen molar-refractivity contribution in [3.63, 3.8) is 0 Å². The Morgan fingerprint density at radius 2 is 2.21 bits per heavy atom. The second kappa shape index (κ2) is 4.42. The molecule has 0 aliphatic carbocycles. The van der Waals surface area contributed by atoms with Gasteiger partial charge < -0.3 is 5.32 Å². The summed E-state index contributed by atoms with van der Waals surface area (Å²) in [6.45, 7) is 7.00. The number of piperidine rings is 1. The van der Waals surface area contributed by atoms with Gasteiger partial charge in [0.15, 0.2) is 0 Å². The summed E-state index contributed by atoms with van der Waals surface area (Å²) in [6, 6.07) is 0.757. The van der Waals surface area contributed by atoms with E-state index in [2.05, 4.69) is 36.2 Å². The number of nitrogens with one attached hydrogen (secondary N) is 2. The third kappa shape index (κ3) is 1.82. The maximum absolute atomic E-state index is 3.88. The zero-order valence-corrected chi connectivity index (χ0v) is 10.1. The zero-order valence-electron chi connectivity index (χ0n) is 9.31. The summed E-state index contributed by atoms with van der Waals surface area (Å²) in [6.07, 6.45) is 3.87. The highest BCUT2D eigenvalue weighted by Gasteiger charge is 2.45. The van der Waals surface area contributed by atoms with Crippen LogP contribution in [0.4, 0.5) is 0 Å². The second-order valence-electron chi connectivity index (χ2n) is 4.51. The quantitative estimate of drug-likeness (QED) is 0.733. The number of hydrogen-bond acceptors (Lipinski definition) is 3. The van der Waals surface area contributed by atoms with E-state index in [1.165, 1.54) is 38.1 Å². The maximum Gasteiger partial charge on any atom is 0.0700 e. The van der Waals surface area contributed by atoms with E-state index in [0.717, 1.165) is 12.0 Å². The molecule has 3 unspecified atom stereocenters. The normalized spacial score (nSPS) is 43.3. The minimum absolute atomic E-state index is 0.417. The predicted molar refractivity (Wildman–Crippen MR) is 63.7 cm³/mol. The van der Waals surface area contributed by atoms with Crippen molar-refractivity contribution in [2.24, 2.45) is 5.92 Å². The highest BCUT2D eigenvalue weighted by atomic mass is 32.2. The first-order valence-electron chi connectivity index (χ1n) is 5.93. The Labute approximate surface area is 91.6 Å². The van der Waals surface area contributed by atoms with Crippen LogP contribution < -0.4 is 10.6 Å². The molecular formula is C11H22N2S. The Morgan fingerprint density at radius 1 is 1.36 bits per heavy atom. The van der Waals surface area contributed by atoms with Gasteiger partial charge in [-0.1, -0.05) is 13.8 Å². The first-order valence-corrected chi connectivity index (χ1v) is 6.91. The van der Waals surface area contributed by atoms with Crippen LogP contribution in [0.3, 0.4) is 0 Å². The molecule has 0 bridgehead atoms. The molecule has 3 heteroatoms. The Balaban J connectivity index is 2.05. The molecule has 0 radical (unpaired) electrons. The largest absolute Gasteiger partial charge is 0.316 e. The topological polar surface area (TPSA) is 24.1 Å². The van der Waals surface area contributed by atoms with Crippen LogP contribution in [-0.4, -0.2) is 29.8 Å². The van der Waals surface area contributed by atoms with E-state index < -0.39 is 0 Å². The lowest BCUT2D eigenvalue weighted by Gasteiger charge is -2.41. The van der Waals surface area contributed by atoms with Gasteiger partial charge in [0.25, 0.3) is 0 Å². The average Bonchev–Trinajstić information content (AvgIpc) is 2.63. The minimum Gasteiger partial charge on any atom is -0.316 e. The van der Waals surface area contributed by atoms with Crippen molar-refractivity contribution in [2.45, 2.75) is 44.0 Å². The van der Waals surface area contributed by atoms with E-state index in [1.807, 2.05) is 0 Å². The Hall–Kier alpha value is 0.270. The van der Waals surface area contributed by atoms with E-state index in [1.54, 1.807) is 0 Å². The third-order valence-electron chi connectivity index (χ3n) is 3.70. The lowest BCUT2D eigenvalue weighted by molar-refractivity contribution is 0.236. The van der Waals surface area contributed by atoms with Crippen LogP contribution in [0.1, 0.15) is 33.1 Å². The fourth-order valence-electron chi connectivity index (χ4n) is 2.67. The standard InChI is InChI=1S/C11H22N2S/c1-3-9-7-12-6-5-11(9)13-10(4-2)8-14-11/h9-10,12-13H,3-8H2,1-2H3. The van der Waals surface area contributed by atoms with Gasteiger partial charge in [-0.15, -0.1) is 11.8 Å². The van der Waals surface area contributed by atoms with Crippen molar-refractivity contribution in [3.05, 3.63) is 0 Å². The molecule has 2 fully saturated rings. The van der Waals surface area contributed by atoms with Crippen LogP contribution in [0.2, 0.25) is 0 Å². The number of rotatable bonds is 2. The molecule has 14 heavy (non-hydrogen) atoms. The fourth-order valence-corrected chi connectivity index (χ4v) is 4.47. The van der Waals surface area contributed by atoms with Gasteiger partial charge in [0.2, 0.25) is 0 Å². The summed E-state index contributed by atoms with van der Waals surface area (Å²) in [5.74, 6) is 2.13. The predicted octanol–water partition coefficient (Wildman–Crippen LogP) is 1.82. The van der Waals surface area contributed by atoms with Gasteiger partial charge in [-0.05, 0) is 31.7 Å². The fraction of sp³-hybridized carbons (Fsp3) is 1.00. The molecule has 2 heterocycles. The Bertz CT molecular complexity index is 198. The van der Waals surface area contributed by atoms with E-state index in [-0.39, 0.29) is 0 Å². The third-order valence-corrected chi connectivity index (χ3v) is 5.44. The molecular weight excluding hydrogens is 192 g/mol. The molecule has 0 aromatic heterocycles. The van der Waals surface area contributed by atoms with E-state index in [0.29, 0.717) is 4.87 Å². The second-order valence-corrected chi connectivity index (χ2v) is 5.86. The summed E-state index contributed by atoms with van der Waals surface area (Å²) >= 11 is 2.18. The lowest BCUT2D eigenvalue weighted by atomic mass is 9.89. The smallest absolute Gasteiger partial charge is 0.0700 e. The summed E-state index contributed by atoms with van der Waals surface area (Å²) in [5.41, 5.74) is 0. The van der Waals surface area contributed by atoms with Crippen molar-refractivity contribution < 1.29 is 0 Å². The highest BCUT2D eigenvalue weighted by molar-refractivity contribution is 8.00. The van der Waals surface area contributed by atoms with Crippen molar-refractivity contribution in [1.82, 2.24) is 10.6 Å². The summed E-state index contributed by atoms with van der Waals surface area (Å²) in [5, 5.41) is 7.40. The van der Waals surface area contributed by atoms with Gasteiger partial charge in [-0.2, -0.15) is 0 Å². The van der Waals surface area contributed by atoms with Crippen LogP contribution >= 0.6 is 11.8 Å². The average molecular weight is 214 g/mol. The molecule has 2 N–H and O–H groups in total. The SMILES string of the molecule is CCC1CSC2(CCNCC2CC)N1. The van der Waals surface area contributed by atoms with Crippen molar-refractivity contribution in [3.8, 4) is 0 Å². The van der Waals surface area contributed by atoms with Gasteiger partial charge in [0.05, 0.1) is 4.87 Å². The zero-order chi connectivity index (χ0) is 10.0. The van der Waals surface area contributed by atoms with Crippen LogP contribution in [-0.2, 0) is 0 Å². The minimum atomic E-state index is 0.417. The maximum atomic E-state index is 3.88. The first kappa shape index (κ1) is 10.8. The van der Waals surface area contributed by atoms with Gasteiger partial charge >= 0.3 is 0 Å². The van der Waals surface area contributed by atoms with E-state index in [4.69, 9.17) is 0 Å². The number of thioether (sulfide) groups is 1. The molecule has 82 valence electrons. The van der Waals surface area contributed by atoms with Crippen LogP contribution in [0.15, 0.2) is 0 Å². The van der Waals surface area contributed by atoms with E-state index >= 15 is 0 Å². The van der Waals surface area contributed by atoms with Gasteiger partial charge in [-0.3, -0.25) is 5.32 Å². The molecule has 1 spiro atoms. The molecule has 2 saturated heterocycles. The molecule has 2 aliphatic heterocycles. The molecule has 2 aliphatic rings. The summed E-state index contributed by atoms with van der Waals surface area (Å²) < 4.78 is 0. The molecule has 3 atom stereocenters. The summed E-state index contributed by atoms with van der Waals surface area (Å²) in [7, 11) is 0. The van der Waals surface area contributed by atoms with Crippen molar-refractivity contribution in [2.75, 3.05) is 18.8 Å². The highest BCUT2D eigenvalue weighted by Crippen LogP contribution is 2.42. The first-order chi connectivity index (χ1) is 6.80. The molecule has 0 aromatic carbocycles. The van der Waals surface area contributed by atoms with Crippen LogP contribution in [0.5, 0.6) is 0 Å². The van der Waals surface area contributed by atoms with Gasteiger partial charge in [0, 0.05) is 18.3 Å². The van der Waals surface area contributed by atoms with Crippen molar-refractivity contribution in [1.29, 1.82) is 0 Å². The van der Waals surface area contributed by atoms with Gasteiger partial charge in [0.1, 0.15) is 0 Å². The van der Waals surface area contributed by atoms with Crippen LogP contribution in [0, 0.1) is 5.92 Å². The summed E-state index contributed by atoms with van der Waals surface area (Å²) in [4.78, 5) is 0.417. The molecule has 0 saturated carbocycles. The molecule has 2 nitrogen and oxygen atoms in total. The molecule has 0 aromatic rings. The van der Waals surface area contributed by atoms with Gasteiger partial charge in [-0.25, -0.2) is 0 Å². The Kier molecular flexibility index (Phi) is 3.40. The lowest BCUT2D eigenvalue weighted by Crippen LogP contribution is -2.55. The van der Waals surface area contributed by atoms with Crippen LogP contribution in [0.25, 0.3) is 0 Å². The monoisotopic (exact) mass is 214 g/mol. The van der Waals surface area contributed by atoms with Crippen molar-refractivity contribution >= 4 is 11.8 Å². The molecule has 2 rings (SSSR count).